The fourth-order valence-electron chi connectivity index (χ4n) is 1.33. The molecule has 0 saturated carbocycles. The van der Waals surface area contributed by atoms with Gasteiger partial charge < -0.3 is 11.1 Å². The number of thioether (sulfide) groups is 1. The van der Waals surface area contributed by atoms with E-state index in [9.17, 15) is 26.7 Å². The summed E-state index contributed by atoms with van der Waals surface area (Å²) in [6, 6.07) is 1.59. The van der Waals surface area contributed by atoms with Crippen molar-refractivity contribution in [1.82, 2.24) is 0 Å². The summed E-state index contributed by atoms with van der Waals surface area (Å²) in [5.41, 5.74) is 4.15. The third-order valence-electron chi connectivity index (χ3n) is 2.34. The number of amides is 1. The van der Waals surface area contributed by atoms with Gasteiger partial charge in [-0.05, 0) is 25.1 Å². The summed E-state index contributed by atoms with van der Waals surface area (Å²) in [6.45, 7) is 1.36. The summed E-state index contributed by atoms with van der Waals surface area (Å²) in [7, 11) is 0. The molecule has 0 unspecified atom stereocenters. The van der Waals surface area contributed by atoms with Gasteiger partial charge in [0.2, 0.25) is 12.3 Å². The van der Waals surface area contributed by atoms with Crippen LogP contribution in [0.15, 0.2) is 23.1 Å². The second-order valence-electron chi connectivity index (χ2n) is 4.19. The molecule has 21 heavy (non-hydrogen) atoms. The minimum Gasteiger partial charge on any atom is -0.324 e. The average Bonchev–Trinajstić information content (AvgIpc) is 2.35. The van der Waals surface area contributed by atoms with Crippen LogP contribution in [0.4, 0.5) is 27.6 Å². The summed E-state index contributed by atoms with van der Waals surface area (Å²) in [5, 5.41) is 2.22. The molecule has 9 heteroatoms. The van der Waals surface area contributed by atoms with Gasteiger partial charge in [-0.2, -0.15) is 13.2 Å². The SMILES string of the molecule is C[C@H](N)C(=O)Nc1cc(C(F)(F)F)ccc1SCC(F)F. The molecule has 1 atom stereocenters. The second-order valence-corrected chi connectivity index (χ2v) is 5.25. The molecule has 118 valence electrons. The van der Waals surface area contributed by atoms with Crippen LogP contribution in [0.1, 0.15) is 12.5 Å². The van der Waals surface area contributed by atoms with E-state index in [1.807, 2.05) is 0 Å². The molecule has 0 radical (unpaired) electrons. The first-order chi connectivity index (χ1) is 9.61. The monoisotopic (exact) mass is 328 g/mol. The van der Waals surface area contributed by atoms with Crippen molar-refractivity contribution < 1.29 is 26.7 Å². The third-order valence-corrected chi connectivity index (χ3v) is 3.43. The van der Waals surface area contributed by atoms with Gasteiger partial charge in [0.05, 0.1) is 23.0 Å². The van der Waals surface area contributed by atoms with Crippen molar-refractivity contribution >= 4 is 23.4 Å². The Bertz CT molecular complexity index is 505. The number of benzene rings is 1. The Morgan fingerprint density at radius 3 is 2.48 bits per heavy atom. The van der Waals surface area contributed by atoms with E-state index in [2.05, 4.69) is 5.32 Å². The number of carbonyl (C=O) groups excluding carboxylic acids is 1. The average molecular weight is 328 g/mol. The molecule has 0 aliphatic heterocycles. The minimum atomic E-state index is -4.60. The Balaban J connectivity index is 3.09. The van der Waals surface area contributed by atoms with Crippen molar-refractivity contribution in [3.05, 3.63) is 23.8 Å². The molecular weight excluding hydrogens is 315 g/mol. The summed E-state index contributed by atoms with van der Waals surface area (Å²) in [6.07, 6.45) is -7.21. The highest BCUT2D eigenvalue weighted by atomic mass is 32.2. The lowest BCUT2D eigenvalue weighted by molar-refractivity contribution is -0.137. The van der Waals surface area contributed by atoms with Crippen LogP contribution in [0.2, 0.25) is 0 Å². The van der Waals surface area contributed by atoms with Gasteiger partial charge in [0.1, 0.15) is 0 Å². The molecule has 0 aliphatic rings. The number of anilines is 1. The molecule has 3 N–H and O–H groups in total. The van der Waals surface area contributed by atoms with Gasteiger partial charge in [-0.3, -0.25) is 4.79 Å². The highest BCUT2D eigenvalue weighted by molar-refractivity contribution is 7.99. The van der Waals surface area contributed by atoms with Gasteiger partial charge in [-0.15, -0.1) is 11.8 Å². The molecule has 1 aromatic carbocycles. The van der Waals surface area contributed by atoms with Crippen LogP contribution in [-0.4, -0.2) is 24.1 Å². The standard InChI is InChI=1S/C12H13F5N2OS/c1-6(18)11(20)19-8-4-7(12(15,16)17)2-3-9(8)21-5-10(13)14/h2-4,6,10H,5,18H2,1H3,(H,19,20)/t6-/m0/s1. The molecule has 0 spiro atoms. The minimum absolute atomic E-state index is 0.123. The molecular formula is C12H13F5N2OS. The molecule has 0 aromatic heterocycles. The summed E-state index contributed by atoms with van der Waals surface area (Å²) in [5.74, 6) is -1.29. The smallest absolute Gasteiger partial charge is 0.324 e. The van der Waals surface area contributed by atoms with Crippen LogP contribution in [0.5, 0.6) is 0 Å². The van der Waals surface area contributed by atoms with Crippen molar-refractivity contribution in [3.63, 3.8) is 0 Å². The molecule has 0 fully saturated rings. The Morgan fingerprint density at radius 2 is 2.00 bits per heavy atom. The fraction of sp³-hybridized carbons (Fsp3) is 0.417. The first-order valence-corrected chi connectivity index (χ1v) is 6.78. The molecule has 0 aliphatic carbocycles. The first-order valence-electron chi connectivity index (χ1n) is 5.80. The number of halogens is 5. The number of hydrogen-bond acceptors (Lipinski definition) is 3. The highest BCUT2D eigenvalue weighted by Crippen LogP contribution is 2.36. The van der Waals surface area contributed by atoms with Crippen molar-refractivity contribution in [2.24, 2.45) is 5.73 Å². The molecule has 0 saturated heterocycles. The van der Waals surface area contributed by atoms with Gasteiger partial charge in [0.25, 0.3) is 0 Å². The Morgan fingerprint density at radius 1 is 1.38 bits per heavy atom. The predicted molar refractivity (Wildman–Crippen MR) is 70.5 cm³/mol. The van der Waals surface area contributed by atoms with Gasteiger partial charge in [-0.1, -0.05) is 0 Å². The fourth-order valence-corrected chi connectivity index (χ4v) is 2.06. The normalized spacial score (nSPS) is 13.3. The molecule has 1 aromatic rings. The topological polar surface area (TPSA) is 55.1 Å². The van der Waals surface area contributed by atoms with Crippen molar-refractivity contribution in [3.8, 4) is 0 Å². The maximum Gasteiger partial charge on any atom is 0.416 e. The zero-order chi connectivity index (χ0) is 16.2. The van der Waals surface area contributed by atoms with E-state index in [0.29, 0.717) is 17.8 Å². The lowest BCUT2D eigenvalue weighted by Crippen LogP contribution is -2.32. The number of carbonyl (C=O) groups is 1. The molecule has 0 heterocycles. The zero-order valence-corrected chi connectivity index (χ0v) is 11.7. The highest BCUT2D eigenvalue weighted by Gasteiger charge is 2.31. The molecule has 1 rings (SSSR count). The number of alkyl halides is 5. The van der Waals surface area contributed by atoms with Crippen molar-refractivity contribution in [1.29, 1.82) is 0 Å². The second kappa shape index (κ2) is 7.08. The predicted octanol–water partition coefficient (Wildman–Crippen LogP) is 3.35. The zero-order valence-electron chi connectivity index (χ0n) is 10.9. The van der Waals surface area contributed by atoms with Crippen LogP contribution in [0.25, 0.3) is 0 Å². The van der Waals surface area contributed by atoms with E-state index in [1.54, 1.807) is 0 Å². The van der Waals surface area contributed by atoms with E-state index in [0.717, 1.165) is 12.1 Å². The maximum absolute atomic E-state index is 12.6. The van der Waals surface area contributed by atoms with E-state index in [1.165, 1.54) is 6.92 Å². The number of nitrogens with two attached hydrogens (primary N) is 1. The molecule has 1 amide bonds. The van der Waals surface area contributed by atoms with Crippen molar-refractivity contribution in [2.75, 3.05) is 11.1 Å². The number of nitrogens with one attached hydrogen (secondary N) is 1. The number of rotatable bonds is 5. The largest absolute Gasteiger partial charge is 0.416 e. The van der Waals surface area contributed by atoms with Gasteiger partial charge in [0.15, 0.2) is 0 Å². The van der Waals surface area contributed by atoms with Gasteiger partial charge in [0, 0.05) is 4.90 Å². The van der Waals surface area contributed by atoms with Gasteiger partial charge in [-0.25, -0.2) is 8.78 Å². The third kappa shape index (κ3) is 5.50. The van der Waals surface area contributed by atoms with Crippen LogP contribution in [0.3, 0.4) is 0 Å². The van der Waals surface area contributed by atoms with Crippen molar-refractivity contribution in [2.45, 2.75) is 30.5 Å². The van der Waals surface area contributed by atoms with Gasteiger partial charge >= 0.3 is 6.18 Å². The Hall–Kier alpha value is -1.35. The lowest BCUT2D eigenvalue weighted by Gasteiger charge is -2.15. The number of hydrogen-bond donors (Lipinski definition) is 2. The Labute approximate surface area is 122 Å². The van der Waals surface area contributed by atoms with Crippen LogP contribution >= 0.6 is 11.8 Å². The maximum atomic E-state index is 12.6. The summed E-state index contributed by atoms with van der Waals surface area (Å²) < 4.78 is 62.3. The van der Waals surface area contributed by atoms with Crippen LogP contribution in [-0.2, 0) is 11.0 Å². The van der Waals surface area contributed by atoms with Crippen LogP contribution in [0, 0.1) is 0 Å². The molecule has 3 nitrogen and oxygen atoms in total. The quantitative estimate of drug-likeness (QED) is 0.644. The van der Waals surface area contributed by atoms with E-state index in [4.69, 9.17) is 5.73 Å². The van der Waals surface area contributed by atoms with E-state index >= 15 is 0 Å². The summed E-state index contributed by atoms with van der Waals surface area (Å²) in [4.78, 5) is 11.6. The van der Waals surface area contributed by atoms with Crippen LogP contribution < -0.4 is 11.1 Å². The lowest BCUT2D eigenvalue weighted by atomic mass is 10.2. The Kier molecular flexibility index (Phi) is 5.97. The van der Waals surface area contributed by atoms with E-state index < -0.39 is 35.9 Å². The first kappa shape index (κ1) is 17.7. The molecule has 0 bridgehead atoms. The van der Waals surface area contributed by atoms with E-state index in [-0.39, 0.29) is 10.6 Å². The summed E-state index contributed by atoms with van der Waals surface area (Å²) >= 11 is 0.655.